The predicted octanol–water partition coefficient (Wildman–Crippen LogP) is 9.65. The van der Waals surface area contributed by atoms with E-state index in [0.29, 0.717) is 18.7 Å². The van der Waals surface area contributed by atoms with Gasteiger partial charge < -0.3 is 21.7 Å². The summed E-state index contributed by atoms with van der Waals surface area (Å²) in [7, 11) is 0. The topological polar surface area (TPSA) is 145 Å². The zero-order valence-corrected chi connectivity index (χ0v) is 33.4. The Morgan fingerprint density at radius 3 is 1.36 bits per heavy atom. The first kappa shape index (κ1) is 43.5. The van der Waals surface area contributed by atoms with Gasteiger partial charge in [0.2, 0.25) is 6.41 Å². The van der Waals surface area contributed by atoms with Crippen molar-refractivity contribution >= 4 is 29.3 Å². The summed E-state index contributed by atoms with van der Waals surface area (Å²) >= 11 is 0. The van der Waals surface area contributed by atoms with E-state index in [4.69, 9.17) is 5.73 Å². The number of rotatable bonds is 4. The van der Waals surface area contributed by atoms with Crippen LogP contribution in [0.2, 0.25) is 0 Å². The van der Waals surface area contributed by atoms with Crippen molar-refractivity contribution in [3.8, 4) is 0 Å². The van der Waals surface area contributed by atoms with Crippen molar-refractivity contribution < 1.29 is 4.79 Å². The Kier molecular flexibility index (Phi) is 19.5. The number of aryl methyl sites for hydroxylation is 1. The quantitative estimate of drug-likeness (QED) is 0.0533. The molecule has 1 amide bonds. The number of fused-ring (bicyclic) bond motifs is 3. The van der Waals surface area contributed by atoms with Crippen LogP contribution >= 0.6 is 0 Å². The molecule has 0 fully saturated rings. The number of nitrogens with zero attached hydrogens (tertiary/aromatic N) is 3. The molecular formula is C43H61N9O. The molecule has 3 aliphatic rings. The van der Waals surface area contributed by atoms with Crippen molar-refractivity contribution in [3.63, 3.8) is 0 Å². The Hall–Kier alpha value is -5.64. The lowest BCUT2D eigenvalue weighted by molar-refractivity contribution is -0.109. The van der Waals surface area contributed by atoms with Crippen LogP contribution in [0.4, 0.5) is 17.1 Å². The predicted molar refractivity (Wildman–Crippen MR) is 225 cm³/mol. The van der Waals surface area contributed by atoms with Gasteiger partial charge in [-0.2, -0.15) is 10.2 Å². The highest BCUT2D eigenvalue weighted by Crippen LogP contribution is 2.28. The number of allylic oxidation sites excluding steroid dienone is 6. The number of anilines is 3. The minimum Gasteiger partial charge on any atom is -0.386 e. The van der Waals surface area contributed by atoms with Crippen LogP contribution in [0, 0.1) is 0 Å². The molecule has 7 rings (SSSR count). The number of amides is 1. The van der Waals surface area contributed by atoms with Crippen LogP contribution in [0.25, 0.3) is 0 Å². The Morgan fingerprint density at radius 1 is 0.698 bits per heavy atom. The molecule has 4 aromatic rings. The van der Waals surface area contributed by atoms with Crippen LogP contribution in [0.1, 0.15) is 98.2 Å². The zero-order valence-electron chi connectivity index (χ0n) is 33.4. The van der Waals surface area contributed by atoms with Crippen molar-refractivity contribution in [2.24, 2.45) is 10.8 Å². The lowest BCUT2D eigenvalue weighted by Crippen LogP contribution is -2.15. The number of aromatic nitrogens is 3. The summed E-state index contributed by atoms with van der Waals surface area (Å²) in [5.74, 6) is 1.37. The first-order valence-corrected chi connectivity index (χ1v) is 18.4. The molecule has 0 saturated carbocycles. The number of nitrogens with one attached hydrogen (secondary N) is 5. The summed E-state index contributed by atoms with van der Waals surface area (Å²) < 4.78 is 0. The van der Waals surface area contributed by atoms with Gasteiger partial charge in [-0.3, -0.25) is 9.89 Å². The average Bonchev–Trinajstić information content (AvgIpc) is 3.72. The number of hydrogen-bond acceptors (Lipinski definition) is 7. The van der Waals surface area contributed by atoms with Crippen molar-refractivity contribution in [1.82, 2.24) is 20.6 Å². The number of hydrogen-bond donors (Lipinski definition) is 6. The molecule has 0 spiro atoms. The van der Waals surface area contributed by atoms with Gasteiger partial charge in [-0.15, -0.1) is 0 Å². The second-order valence-corrected chi connectivity index (χ2v) is 12.6. The molecule has 284 valence electrons. The number of hydrazone groups is 1. The number of nitrogens with two attached hydrogens (primary N) is 1. The van der Waals surface area contributed by atoms with E-state index < -0.39 is 0 Å². The monoisotopic (exact) mass is 719 g/mol. The van der Waals surface area contributed by atoms with Gasteiger partial charge in [0.15, 0.2) is 0 Å². The van der Waals surface area contributed by atoms with Crippen molar-refractivity contribution in [3.05, 3.63) is 135 Å². The third-order valence-electron chi connectivity index (χ3n) is 8.73. The number of carbonyl (C=O) groups excluding carboxylic acids is 1. The van der Waals surface area contributed by atoms with Crippen LogP contribution < -0.4 is 27.1 Å². The summed E-state index contributed by atoms with van der Waals surface area (Å²) in [4.78, 5) is 13.4. The zero-order chi connectivity index (χ0) is 39.2. The Labute approximate surface area is 317 Å². The van der Waals surface area contributed by atoms with E-state index in [1.807, 2.05) is 27.7 Å². The van der Waals surface area contributed by atoms with Gasteiger partial charge in [0.1, 0.15) is 18.0 Å². The maximum atomic E-state index is 9.55. The minimum atomic E-state index is 0.428. The summed E-state index contributed by atoms with van der Waals surface area (Å²) in [6, 6.07) is 25.4. The highest BCUT2D eigenvalue weighted by molar-refractivity contribution is 5.80. The number of H-pyrrole nitrogens is 1. The van der Waals surface area contributed by atoms with E-state index in [9.17, 15) is 4.79 Å². The third-order valence-corrected chi connectivity index (χ3v) is 8.73. The maximum absolute atomic E-state index is 9.55. The summed E-state index contributed by atoms with van der Waals surface area (Å²) in [6.45, 7) is 20.8. The van der Waals surface area contributed by atoms with E-state index in [1.54, 1.807) is 0 Å². The second-order valence-electron chi connectivity index (χ2n) is 12.6. The standard InChI is InChI=1S/3C11H13N.C4H9N3O.C4H7N3.C2H6/c3*1-8-7-10-5-3-4-6-11(10)12-9(8)2;1-2-4(5)7-6-3-8;1-2-4-5-3-6-7-4;1-2/h3*3-6,12H,7H2,1-2H3;3H,2H2,1H3,(H2,5,7)(H,6,8);3H,2H2,1H3,(H,5,6,7);1-2H3. The molecule has 0 saturated heterocycles. The van der Waals surface area contributed by atoms with Gasteiger partial charge in [0, 0.05) is 47.0 Å². The molecule has 10 heteroatoms. The van der Waals surface area contributed by atoms with Crippen LogP contribution in [0.3, 0.4) is 0 Å². The molecule has 1 aromatic heterocycles. The lowest BCUT2D eigenvalue weighted by Gasteiger charge is -2.20. The molecule has 0 radical (unpaired) electrons. The molecule has 0 aliphatic carbocycles. The number of carbonyl (C=O) groups is 1. The largest absolute Gasteiger partial charge is 0.386 e. The highest BCUT2D eigenvalue weighted by atomic mass is 16.1. The number of para-hydroxylation sites is 3. The first-order chi connectivity index (χ1) is 25.6. The SMILES string of the molecule is CC.CC/C(N)=N/NC=O.CC1=C(C)Nc2ccccc2C1.CC1=C(C)Nc2ccccc2C1.CC1=C(C)Nc2ccccc2C1.CCc1ncn[nH]1. The summed E-state index contributed by atoms with van der Waals surface area (Å²) in [5.41, 5.74) is 23.5. The van der Waals surface area contributed by atoms with Crippen LogP contribution in [0.15, 0.2) is 118 Å². The molecule has 10 nitrogen and oxygen atoms in total. The molecule has 0 unspecified atom stereocenters. The van der Waals surface area contributed by atoms with Gasteiger partial charge in [0.25, 0.3) is 0 Å². The maximum Gasteiger partial charge on any atom is 0.227 e. The Balaban J connectivity index is 0.000000230. The number of benzene rings is 3. The van der Waals surface area contributed by atoms with E-state index in [-0.39, 0.29) is 0 Å². The number of aromatic amines is 1. The van der Waals surface area contributed by atoms with Crippen molar-refractivity contribution in [2.45, 2.75) is 101 Å². The molecule has 0 atom stereocenters. The summed E-state index contributed by atoms with van der Waals surface area (Å²) in [6.07, 6.45) is 6.85. The third kappa shape index (κ3) is 14.9. The molecule has 4 heterocycles. The Bertz CT molecular complexity index is 1570. The molecule has 7 N–H and O–H groups in total. The molecule has 0 bridgehead atoms. The molecule has 3 aliphatic heterocycles. The van der Waals surface area contributed by atoms with Gasteiger partial charge >= 0.3 is 0 Å². The van der Waals surface area contributed by atoms with Gasteiger partial charge in [0.05, 0.1) is 0 Å². The van der Waals surface area contributed by atoms with E-state index in [0.717, 1.165) is 31.5 Å². The number of amidine groups is 1. The van der Waals surface area contributed by atoms with Gasteiger partial charge in [-0.05, 0) is 112 Å². The second kappa shape index (κ2) is 23.8. The molecular weight excluding hydrogens is 659 g/mol. The Morgan fingerprint density at radius 2 is 1.08 bits per heavy atom. The smallest absolute Gasteiger partial charge is 0.227 e. The van der Waals surface area contributed by atoms with Gasteiger partial charge in [-0.25, -0.2) is 10.4 Å². The molecule has 53 heavy (non-hydrogen) atoms. The normalized spacial score (nSPS) is 13.5. The van der Waals surface area contributed by atoms with Crippen LogP contribution in [0.5, 0.6) is 0 Å². The fourth-order valence-corrected chi connectivity index (χ4v) is 5.16. The van der Waals surface area contributed by atoms with Crippen molar-refractivity contribution in [1.29, 1.82) is 0 Å². The first-order valence-electron chi connectivity index (χ1n) is 18.4. The van der Waals surface area contributed by atoms with Crippen LogP contribution in [-0.4, -0.2) is 27.4 Å². The lowest BCUT2D eigenvalue weighted by atomic mass is 9.99. The fourth-order valence-electron chi connectivity index (χ4n) is 5.16. The van der Waals surface area contributed by atoms with Gasteiger partial charge in [-0.1, -0.05) is 82.3 Å². The van der Waals surface area contributed by atoms with E-state index in [2.05, 4.69) is 156 Å². The highest BCUT2D eigenvalue weighted by Gasteiger charge is 2.12. The van der Waals surface area contributed by atoms with E-state index >= 15 is 0 Å². The van der Waals surface area contributed by atoms with E-state index in [1.165, 1.54) is 73.9 Å². The summed E-state index contributed by atoms with van der Waals surface area (Å²) in [5, 5.41) is 20.0. The molecule has 3 aromatic carbocycles. The minimum absolute atomic E-state index is 0.428. The fraction of sp³-hybridized carbons (Fsp3) is 0.349. The average molecular weight is 720 g/mol. The van der Waals surface area contributed by atoms with Crippen LogP contribution in [-0.2, 0) is 30.5 Å². The van der Waals surface area contributed by atoms with Crippen molar-refractivity contribution in [2.75, 3.05) is 16.0 Å².